The van der Waals surface area contributed by atoms with Crippen molar-refractivity contribution in [2.24, 2.45) is 4.99 Å². The monoisotopic (exact) mass is 309 g/mol. The minimum Gasteiger partial charge on any atom is -0.506 e. The molecule has 0 saturated heterocycles. The zero-order valence-electron chi connectivity index (χ0n) is 11.8. The zero-order chi connectivity index (χ0) is 16.4. The Hall–Kier alpha value is -3.41. The van der Waals surface area contributed by atoms with Gasteiger partial charge in [0.1, 0.15) is 16.9 Å². The molecule has 1 aromatic heterocycles. The number of carboxylic acids is 1. The number of hydrogen-bond donors (Lipinski definition) is 2. The van der Waals surface area contributed by atoms with Crippen LogP contribution >= 0.6 is 0 Å². The highest BCUT2D eigenvalue weighted by molar-refractivity contribution is 5.94. The second kappa shape index (κ2) is 5.76. The number of carboxylic acid groups (broad SMARTS) is 1. The number of aromatic hydroxyl groups is 1. The molecule has 0 radical (unpaired) electrons. The normalized spacial score (nSPS) is 11.1. The Morgan fingerprint density at radius 2 is 1.78 bits per heavy atom. The van der Waals surface area contributed by atoms with Crippen LogP contribution in [0.25, 0.3) is 11.0 Å². The number of nitrogens with zero attached hydrogens (tertiary/aromatic N) is 1. The molecule has 2 N–H and O–H groups in total. The Kier molecular flexibility index (Phi) is 3.64. The molecular formula is C17H11NO5. The van der Waals surface area contributed by atoms with E-state index in [0.717, 1.165) is 0 Å². The van der Waals surface area contributed by atoms with E-state index in [1.54, 1.807) is 24.3 Å². The smallest absolute Gasteiger partial charge is 0.348 e. The fourth-order valence-electron chi connectivity index (χ4n) is 2.09. The topological polar surface area (TPSA) is 100 Å². The first-order valence-electron chi connectivity index (χ1n) is 6.68. The van der Waals surface area contributed by atoms with Crippen molar-refractivity contribution in [3.8, 4) is 5.75 Å². The predicted molar refractivity (Wildman–Crippen MR) is 84.8 cm³/mol. The summed E-state index contributed by atoms with van der Waals surface area (Å²) >= 11 is 0. The van der Waals surface area contributed by atoms with Crippen molar-refractivity contribution in [2.45, 2.75) is 0 Å². The van der Waals surface area contributed by atoms with Crippen molar-refractivity contribution in [3.63, 3.8) is 0 Å². The van der Waals surface area contributed by atoms with E-state index in [2.05, 4.69) is 4.99 Å². The van der Waals surface area contributed by atoms with E-state index < -0.39 is 11.6 Å². The van der Waals surface area contributed by atoms with Crippen molar-refractivity contribution in [1.82, 2.24) is 0 Å². The second-order valence-corrected chi connectivity index (χ2v) is 4.76. The van der Waals surface area contributed by atoms with Gasteiger partial charge in [-0.05, 0) is 36.4 Å². The van der Waals surface area contributed by atoms with Gasteiger partial charge in [0.15, 0.2) is 0 Å². The van der Waals surface area contributed by atoms with Crippen molar-refractivity contribution in [1.29, 1.82) is 0 Å². The summed E-state index contributed by atoms with van der Waals surface area (Å²) in [6.07, 6.45) is 1.20. The van der Waals surface area contributed by atoms with Crippen molar-refractivity contribution in [2.75, 3.05) is 0 Å². The van der Waals surface area contributed by atoms with E-state index in [9.17, 15) is 14.7 Å². The van der Waals surface area contributed by atoms with Gasteiger partial charge in [-0.2, -0.15) is 0 Å². The lowest BCUT2D eigenvalue weighted by Gasteiger charge is -2.02. The van der Waals surface area contributed by atoms with E-state index in [4.69, 9.17) is 9.52 Å². The first-order valence-corrected chi connectivity index (χ1v) is 6.68. The summed E-state index contributed by atoms with van der Waals surface area (Å²) < 4.78 is 5.13. The molecule has 0 aliphatic heterocycles. The summed E-state index contributed by atoms with van der Waals surface area (Å²) in [5.41, 5.74) is 0.107. The average Bonchev–Trinajstić information content (AvgIpc) is 2.55. The molecule has 6 nitrogen and oxygen atoms in total. The Morgan fingerprint density at radius 3 is 2.48 bits per heavy atom. The third-order valence-electron chi connectivity index (χ3n) is 3.28. The lowest BCUT2D eigenvalue weighted by Crippen LogP contribution is -2.06. The standard InChI is InChI=1S/C17H11NO5/c19-15-12-3-1-2-4-14(12)23-17(22)13(15)9-18-11-7-5-10(6-8-11)16(20)21/h1-9,19H,(H,20,21). The molecule has 3 aromatic rings. The largest absolute Gasteiger partial charge is 0.506 e. The lowest BCUT2D eigenvalue weighted by atomic mass is 10.1. The molecule has 0 amide bonds. The van der Waals surface area contributed by atoms with Crippen LogP contribution in [-0.4, -0.2) is 22.4 Å². The van der Waals surface area contributed by atoms with Crippen molar-refractivity contribution < 1.29 is 19.4 Å². The molecule has 23 heavy (non-hydrogen) atoms. The molecule has 0 unspecified atom stereocenters. The number of benzene rings is 2. The van der Waals surface area contributed by atoms with Gasteiger partial charge >= 0.3 is 11.6 Å². The van der Waals surface area contributed by atoms with Gasteiger partial charge in [-0.3, -0.25) is 4.99 Å². The molecule has 0 spiro atoms. The molecule has 114 valence electrons. The van der Waals surface area contributed by atoms with Crippen LogP contribution in [0.15, 0.2) is 62.7 Å². The zero-order valence-corrected chi connectivity index (χ0v) is 11.8. The Morgan fingerprint density at radius 1 is 1.09 bits per heavy atom. The van der Waals surface area contributed by atoms with Gasteiger partial charge in [0.25, 0.3) is 0 Å². The third kappa shape index (κ3) is 2.82. The van der Waals surface area contributed by atoms with Gasteiger partial charge in [0, 0.05) is 6.21 Å². The SMILES string of the molecule is O=C(O)c1ccc(N=Cc2c(O)c3ccccc3oc2=O)cc1. The predicted octanol–water partition coefficient (Wildman–Crippen LogP) is 2.95. The molecule has 0 aliphatic carbocycles. The van der Waals surface area contributed by atoms with E-state index >= 15 is 0 Å². The van der Waals surface area contributed by atoms with E-state index in [1.807, 2.05) is 0 Å². The fourth-order valence-corrected chi connectivity index (χ4v) is 2.09. The van der Waals surface area contributed by atoms with Crippen LogP contribution in [0.2, 0.25) is 0 Å². The number of hydrogen-bond acceptors (Lipinski definition) is 5. The summed E-state index contributed by atoms with van der Waals surface area (Å²) in [5.74, 6) is -1.24. The maximum Gasteiger partial charge on any atom is 0.348 e. The molecule has 0 atom stereocenters. The van der Waals surface area contributed by atoms with Gasteiger partial charge in [0.2, 0.25) is 0 Å². The number of rotatable bonds is 3. The van der Waals surface area contributed by atoms with Crippen molar-refractivity contribution >= 4 is 28.8 Å². The average molecular weight is 309 g/mol. The van der Waals surface area contributed by atoms with Crippen LogP contribution in [0.3, 0.4) is 0 Å². The first kappa shape index (κ1) is 14.5. The Bertz CT molecular complexity index is 970. The molecule has 6 heteroatoms. The highest BCUT2D eigenvalue weighted by atomic mass is 16.4. The van der Waals surface area contributed by atoms with E-state index in [0.29, 0.717) is 11.1 Å². The van der Waals surface area contributed by atoms with E-state index in [-0.39, 0.29) is 22.5 Å². The molecule has 2 aromatic carbocycles. The van der Waals surface area contributed by atoms with Gasteiger partial charge in [-0.15, -0.1) is 0 Å². The summed E-state index contributed by atoms with van der Waals surface area (Å²) in [7, 11) is 0. The van der Waals surface area contributed by atoms with Gasteiger partial charge in [-0.25, -0.2) is 9.59 Å². The lowest BCUT2D eigenvalue weighted by molar-refractivity contribution is 0.0697. The Balaban J connectivity index is 2.00. The highest BCUT2D eigenvalue weighted by Gasteiger charge is 2.11. The minimum atomic E-state index is -1.03. The third-order valence-corrected chi connectivity index (χ3v) is 3.28. The molecular weight excluding hydrogens is 298 g/mol. The number of fused-ring (bicyclic) bond motifs is 1. The van der Waals surface area contributed by atoms with Gasteiger partial charge in [-0.1, -0.05) is 12.1 Å². The van der Waals surface area contributed by atoms with Crippen LogP contribution in [0.1, 0.15) is 15.9 Å². The Labute approximate surface area is 130 Å². The fraction of sp³-hybridized carbons (Fsp3) is 0. The van der Waals surface area contributed by atoms with Crippen molar-refractivity contribution in [3.05, 3.63) is 70.1 Å². The summed E-state index contributed by atoms with van der Waals surface area (Å²) in [4.78, 5) is 26.8. The number of para-hydroxylation sites is 1. The summed E-state index contributed by atoms with van der Waals surface area (Å²) in [6.45, 7) is 0. The van der Waals surface area contributed by atoms with Crippen LogP contribution in [0.4, 0.5) is 5.69 Å². The number of aromatic carboxylic acids is 1. The molecule has 0 saturated carbocycles. The van der Waals surface area contributed by atoms with Crippen LogP contribution < -0.4 is 5.63 Å². The second-order valence-electron chi connectivity index (χ2n) is 4.76. The summed E-state index contributed by atoms with van der Waals surface area (Å²) in [6, 6.07) is 12.4. The van der Waals surface area contributed by atoms with Crippen LogP contribution in [0.5, 0.6) is 5.75 Å². The first-order chi connectivity index (χ1) is 11.1. The quantitative estimate of drug-likeness (QED) is 0.572. The molecule has 0 aliphatic rings. The molecule has 1 heterocycles. The molecule has 0 fully saturated rings. The molecule has 0 bridgehead atoms. The van der Waals surface area contributed by atoms with Gasteiger partial charge in [0.05, 0.1) is 16.6 Å². The van der Waals surface area contributed by atoms with Crippen LogP contribution in [0, 0.1) is 0 Å². The number of carbonyl (C=O) groups is 1. The molecule has 3 rings (SSSR count). The van der Waals surface area contributed by atoms with Gasteiger partial charge < -0.3 is 14.6 Å². The minimum absolute atomic E-state index is 0.0639. The maximum atomic E-state index is 11.9. The van der Waals surface area contributed by atoms with Crippen LogP contribution in [-0.2, 0) is 0 Å². The van der Waals surface area contributed by atoms with E-state index in [1.165, 1.54) is 30.5 Å². The maximum absolute atomic E-state index is 11.9. The summed E-state index contributed by atoms with van der Waals surface area (Å²) in [5, 5.41) is 19.4. The highest BCUT2D eigenvalue weighted by Crippen LogP contribution is 2.25. The number of aliphatic imine (C=N–C) groups is 1.